The lowest BCUT2D eigenvalue weighted by Crippen LogP contribution is -2.61. The summed E-state index contributed by atoms with van der Waals surface area (Å²) in [6.45, 7) is 7.34. The summed E-state index contributed by atoms with van der Waals surface area (Å²) in [5, 5.41) is 2.74. The second kappa shape index (κ2) is 7.08. The largest absolute Gasteiger partial charge is 0.523 e. The van der Waals surface area contributed by atoms with Crippen molar-refractivity contribution in [1.82, 2.24) is 5.32 Å². The van der Waals surface area contributed by atoms with E-state index in [9.17, 15) is 4.79 Å². The molecule has 6 nitrogen and oxygen atoms in total. The van der Waals surface area contributed by atoms with Crippen molar-refractivity contribution in [3.8, 4) is 0 Å². The third kappa shape index (κ3) is 4.93. The summed E-state index contributed by atoms with van der Waals surface area (Å²) in [6.07, 6.45) is 0.124. The van der Waals surface area contributed by atoms with E-state index in [1.165, 1.54) is 21.3 Å². The number of amides is 1. The van der Waals surface area contributed by atoms with Gasteiger partial charge in [-0.3, -0.25) is 0 Å². The van der Waals surface area contributed by atoms with E-state index in [0.29, 0.717) is 6.42 Å². The van der Waals surface area contributed by atoms with Gasteiger partial charge in [-0.15, -0.1) is 0 Å². The predicted molar refractivity (Wildman–Crippen MR) is 70.2 cm³/mol. The van der Waals surface area contributed by atoms with Gasteiger partial charge in [0.15, 0.2) is 0 Å². The number of alkyl carbamates (subject to hydrolysis) is 1. The number of rotatable bonds is 6. The molecule has 7 heteroatoms. The Balaban J connectivity index is 4.73. The Morgan fingerprint density at radius 3 is 1.89 bits per heavy atom. The normalized spacial score (nSPS) is 14.2. The number of ether oxygens (including phenoxy) is 1. The van der Waals surface area contributed by atoms with Gasteiger partial charge in [-0.1, -0.05) is 6.92 Å². The van der Waals surface area contributed by atoms with Crippen LogP contribution in [0.3, 0.4) is 0 Å². The lowest BCUT2D eigenvalue weighted by atomic mass is 10.2. The van der Waals surface area contributed by atoms with Crippen LogP contribution < -0.4 is 5.32 Å². The molecule has 0 aliphatic carbocycles. The molecule has 0 aromatic rings. The van der Waals surface area contributed by atoms with Crippen molar-refractivity contribution in [2.45, 2.75) is 45.4 Å². The zero-order chi connectivity index (χ0) is 14.4. The van der Waals surface area contributed by atoms with Crippen LogP contribution in [0.5, 0.6) is 0 Å². The van der Waals surface area contributed by atoms with Gasteiger partial charge in [0.05, 0.1) is 0 Å². The van der Waals surface area contributed by atoms with Crippen molar-refractivity contribution < 1.29 is 22.8 Å². The van der Waals surface area contributed by atoms with E-state index >= 15 is 0 Å². The smallest absolute Gasteiger partial charge is 0.444 e. The molecule has 0 aliphatic rings. The average Bonchev–Trinajstić information content (AvgIpc) is 2.28. The Morgan fingerprint density at radius 1 is 1.17 bits per heavy atom. The van der Waals surface area contributed by atoms with Crippen LogP contribution in [0.1, 0.15) is 34.1 Å². The maximum Gasteiger partial charge on any atom is 0.523 e. The molecule has 0 rings (SSSR count). The van der Waals surface area contributed by atoms with E-state index < -0.39 is 20.5 Å². The predicted octanol–water partition coefficient (Wildman–Crippen LogP) is 1.71. The number of hydrogen-bond acceptors (Lipinski definition) is 5. The molecule has 0 bridgehead atoms. The maximum atomic E-state index is 11.7. The van der Waals surface area contributed by atoms with Gasteiger partial charge in [0.1, 0.15) is 11.3 Å². The van der Waals surface area contributed by atoms with Gasteiger partial charge in [-0.25, -0.2) is 4.79 Å². The highest BCUT2D eigenvalue weighted by Crippen LogP contribution is 2.16. The quantitative estimate of drug-likeness (QED) is 0.750. The van der Waals surface area contributed by atoms with Crippen LogP contribution in [0.15, 0.2) is 0 Å². The fourth-order valence-electron chi connectivity index (χ4n) is 1.57. The summed E-state index contributed by atoms with van der Waals surface area (Å²) in [6, 6.07) is 0. The highest BCUT2D eigenvalue weighted by Gasteiger charge is 2.47. The molecule has 0 saturated heterocycles. The Hall–Kier alpha value is -0.633. The minimum absolute atomic E-state index is 0.340. The Bertz CT molecular complexity index is 254. The highest BCUT2D eigenvalue weighted by atomic mass is 28.4. The molecule has 0 spiro atoms. The van der Waals surface area contributed by atoms with Crippen LogP contribution in [-0.2, 0) is 18.0 Å². The fraction of sp³-hybridized carbons (Fsp3) is 0.909. The first-order valence-electron chi connectivity index (χ1n) is 5.89. The summed E-state index contributed by atoms with van der Waals surface area (Å²) in [7, 11) is 1.64. The summed E-state index contributed by atoms with van der Waals surface area (Å²) in [5.74, 6) is 0. The van der Waals surface area contributed by atoms with E-state index in [-0.39, 0.29) is 5.67 Å². The maximum absolute atomic E-state index is 11.7. The van der Waals surface area contributed by atoms with Crippen molar-refractivity contribution in [2.75, 3.05) is 21.3 Å². The molecule has 0 saturated carbocycles. The Kier molecular flexibility index (Phi) is 6.83. The van der Waals surface area contributed by atoms with Crippen molar-refractivity contribution >= 4 is 14.9 Å². The minimum atomic E-state index is -2.90. The highest BCUT2D eigenvalue weighted by molar-refractivity contribution is 6.62. The van der Waals surface area contributed by atoms with Crippen molar-refractivity contribution in [3.63, 3.8) is 0 Å². The lowest BCUT2D eigenvalue weighted by molar-refractivity contribution is 0.0465. The first-order valence-corrected chi connectivity index (χ1v) is 7.69. The van der Waals surface area contributed by atoms with Gasteiger partial charge in [0, 0.05) is 21.3 Å². The molecule has 0 heterocycles. The summed E-state index contributed by atoms with van der Waals surface area (Å²) < 4.78 is 21.2. The van der Waals surface area contributed by atoms with Crippen LogP contribution in [0.2, 0.25) is 0 Å². The standard InChI is InChI=1S/C11H25NO5Si/c1-8-9(18(14-5,15-6)16-7)12-10(13)17-11(2,3)4/h9H,8H2,1-7H3,(H,12,13). The number of carbonyl (C=O) groups is 1. The third-order valence-corrected chi connectivity index (χ3v) is 5.49. The van der Waals surface area contributed by atoms with Gasteiger partial charge < -0.3 is 23.3 Å². The molecule has 0 aromatic carbocycles. The van der Waals surface area contributed by atoms with Gasteiger partial charge >= 0.3 is 14.9 Å². The van der Waals surface area contributed by atoms with Gasteiger partial charge in [-0.2, -0.15) is 0 Å². The van der Waals surface area contributed by atoms with Crippen LogP contribution in [0.25, 0.3) is 0 Å². The van der Waals surface area contributed by atoms with E-state index in [1.807, 2.05) is 6.92 Å². The first kappa shape index (κ1) is 17.4. The molecular formula is C11H25NO5Si. The molecule has 18 heavy (non-hydrogen) atoms. The van der Waals surface area contributed by atoms with Gasteiger partial charge in [0.25, 0.3) is 0 Å². The molecule has 0 aromatic heterocycles. The molecule has 1 N–H and O–H groups in total. The molecule has 0 aliphatic heterocycles. The third-order valence-electron chi connectivity index (χ3n) is 2.38. The Morgan fingerprint density at radius 2 is 1.61 bits per heavy atom. The van der Waals surface area contributed by atoms with Crippen molar-refractivity contribution in [1.29, 1.82) is 0 Å². The van der Waals surface area contributed by atoms with Crippen LogP contribution in [0, 0.1) is 0 Å². The zero-order valence-electron chi connectivity index (χ0n) is 12.3. The van der Waals surface area contributed by atoms with E-state index in [0.717, 1.165) is 0 Å². The second-order valence-corrected chi connectivity index (χ2v) is 7.95. The van der Waals surface area contributed by atoms with E-state index in [1.54, 1.807) is 20.8 Å². The van der Waals surface area contributed by atoms with E-state index in [2.05, 4.69) is 5.32 Å². The van der Waals surface area contributed by atoms with Gasteiger partial charge in [-0.05, 0) is 27.2 Å². The lowest BCUT2D eigenvalue weighted by Gasteiger charge is -2.32. The molecular weight excluding hydrogens is 254 g/mol. The summed E-state index contributed by atoms with van der Waals surface area (Å²) in [5.41, 5.74) is -0.882. The summed E-state index contributed by atoms with van der Waals surface area (Å²) >= 11 is 0. The number of hydrogen-bond donors (Lipinski definition) is 1. The van der Waals surface area contributed by atoms with Crippen molar-refractivity contribution in [2.24, 2.45) is 0 Å². The van der Waals surface area contributed by atoms with Crippen LogP contribution in [-0.4, -0.2) is 47.5 Å². The first-order chi connectivity index (χ1) is 8.24. The molecule has 1 atom stereocenters. The SMILES string of the molecule is CCC(NC(=O)OC(C)(C)C)[Si](OC)(OC)OC. The fourth-order valence-corrected chi connectivity index (χ4v) is 3.72. The summed E-state index contributed by atoms with van der Waals surface area (Å²) in [4.78, 5) is 11.7. The van der Waals surface area contributed by atoms with Crippen LogP contribution >= 0.6 is 0 Å². The second-order valence-electron chi connectivity index (χ2n) is 4.82. The van der Waals surface area contributed by atoms with Gasteiger partial charge in [0.2, 0.25) is 0 Å². The number of carbonyl (C=O) groups excluding carboxylic acids is 1. The average molecular weight is 279 g/mol. The Labute approximate surface area is 110 Å². The molecule has 0 radical (unpaired) electrons. The molecule has 1 amide bonds. The topological polar surface area (TPSA) is 66.0 Å². The molecule has 1 unspecified atom stereocenters. The molecule has 108 valence electrons. The number of nitrogens with one attached hydrogen (secondary N) is 1. The molecule has 0 fully saturated rings. The minimum Gasteiger partial charge on any atom is -0.444 e. The zero-order valence-corrected chi connectivity index (χ0v) is 13.3. The van der Waals surface area contributed by atoms with E-state index in [4.69, 9.17) is 18.0 Å². The monoisotopic (exact) mass is 279 g/mol. The van der Waals surface area contributed by atoms with Crippen LogP contribution in [0.4, 0.5) is 4.79 Å². The van der Waals surface area contributed by atoms with Crippen molar-refractivity contribution in [3.05, 3.63) is 0 Å².